The van der Waals surface area contributed by atoms with E-state index in [0.717, 1.165) is 25.7 Å². The zero-order valence-electron chi connectivity index (χ0n) is 25.8. The van der Waals surface area contributed by atoms with Crippen molar-refractivity contribution < 1.29 is 38.2 Å². The fourth-order valence-corrected chi connectivity index (χ4v) is 3.51. The van der Waals surface area contributed by atoms with Crippen molar-refractivity contribution in [3.63, 3.8) is 0 Å². The number of primary amides is 1. The van der Waals surface area contributed by atoms with E-state index in [9.17, 15) is 28.8 Å². The third-order valence-electron chi connectivity index (χ3n) is 5.70. The van der Waals surface area contributed by atoms with E-state index in [1.807, 2.05) is 0 Å². The summed E-state index contributed by atoms with van der Waals surface area (Å²) in [6.07, 6.45) is 4.24. The lowest BCUT2D eigenvalue weighted by molar-refractivity contribution is -0.125. The summed E-state index contributed by atoms with van der Waals surface area (Å²) in [7, 11) is 0. The number of aromatic nitrogens is 2. The number of hydrogen-bond donors (Lipinski definition) is 8. The lowest BCUT2D eigenvalue weighted by atomic mass is 10.2. The van der Waals surface area contributed by atoms with Gasteiger partial charge in [0.25, 0.3) is 5.56 Å². The third-order valence-corrected chi connectivity index (χ3v) is 5.70. The molecule has 0 bridgehead atoms. The van der Waals surface area contributed by atoms with Gasteiger partial charge < -0.3 is 46.5 Å². The number of carbonyl (C=O) groups excluding carboxylic acids is 5. The van der Waals surface area contributed by atoms with E-state index in [0.29, 0.717) is 44.7 Å². The van der Waals surface area contributed by atoms with E-state index < -0.39 is 18.0 Å². The van der Waals surface area contributed by atoms with Crippen LogP contribution < -0.4 is 43.2 Å². The second-order valence-electron chi connectivity index (χ2n) is 9.70. The largest absolute Gasteiger partial charge is 0.447 e. The maximum Gasteiger partial charge on any atom is 0.407 e. The smallest absolute Gasteiger partial charge is 0.407 e. The molecule has 0 aliphatic rings. The normalized spacial score (nSPS) is 10.4. The highest BCUT2D eigenvalue weighted by Gasteiger charge is 2.05. The molecule has 0 fully saturated rings. The summed E-state index contributed by atoms with van der Waals surface area (Å²) in [4.78, 5) is 75.2. The van der Waals surface area contributed by atoms with Crippen LogP contribution in [-0.4, -0.2) is 106 Å². The van der Waals surface area contributed by atoms with Gasteiger partial charge in [0.2, 0.25) is 17.8 Å². The van der Waals surface area contributed by atoms with E-state index in [1.165, 1.54) is 6.07 Å². The number of nitrogens with zero attached hydrogens (tertiary/aromatic N) is 1. The average molecular weight is 642 g/mol. The molecule has 1 aromatic heterocycles. The molecule has 254 valence electrons. The van der Waals surface area contributed by atoms with Crippen LogP contribution in [0.4, 0.5) is 20.3 Å². The van der Waals surface area contributed by atoms with Crippen molar-refractivity contribution in [1.82, 2.24) is 36.6 Å². The van der Waals surface area contributed by atoms with Gasteiger partial charge >= 0.3 is 18.2 Å². The number of nitrogens with one attached hydrogen (secondary N) is 7. The van der Waals surface area contributed by atoms with Gasteiger partial charge in [-0.05, 0) is 32.6 Å². The van der Waals surface area contributed by atoms with Crippen LogP contribution in [0.15, 0.2) is 10.9 Å². The highest BCUT2D eigenvalue weighted by molar-refractivity contribution is 5.87. The summed E-state index contributed by atoms with van der Waals surface area (Å²) in [5.41, 5.74) is 5.10. The monoisotopic (exact) mass is 641 g/mol. The van der Waals surface area contributed by atoms with Crippen LogP contribution in [0, 0.1) is 6.92 Å². The predicted molar refractivity (Wildman–Crippen MR) is 164 cm³/mol. The fraction of sp³-hybridized carbons (Fsp3) is 0.667. The Morgan fingerprint density at radius 1 is 0.756 bits per heavy atom. The zero-order valence-corrected chi connectivity index (χ0v) is 25.8. The Morgan fingerprint density at radius 3 is 1.93 bits per heavy atom. The van der Waals surface area contributed by atoms with Crippen molar-refractivity contribution >= 4 is 35.9 Å². The van der Waals surface area contributed by atoms with Gasteiger partial charge in [-0.3, -0.25) is 24.7 Å². The molecule has 0 aliphatic heterocycles. The average Bonchev–Trinajstić information content (AvgIpc) is 2.97. The Labute approximate surface area is 261 Å². The first-order chi connectivity index (χ1) is 21.7. The summed E-state index contributed by atoms with van der Waals surface area (Å²) in [5.74, 6) is -0.849. The quantitative estimate of drug-likeness (QED) is 0.0677. The molecule has 0 radical (unpaired) electrons. The number of ether oxygens (including phenoxy) is 3. The van der Waals surface area contributed by atoms with Crippen molar-refractivity contribution in [1.29, 1.82) is 0 Å². The SMILES string of the molecule is Cc1cc(=O)[nH]c(NC(=O)NCCCCCCNC(=O)NCCCCNC(=O)OCCOCCOCCC(=O)NCC(N)=O)n1. The molecule has 45 heavy (non-hydrogen) atoms. The van der Waals surface area contributed by atoms with Crippen LogP contribution in [0.1, 0.15) is 50.6 Å². The molecule has 18 nitrogen and oxygen atoms in total. The molecular weight excluding hydrogens is 594 g/mol. The first-order valence-electron chi connectivity index (χ1n) is 14.9. The predicted octanol–water partition coefficient (Wildman–Crippen LogP) is -0.409. The minimum Gasteiger partial charge on any atom is -0.447 e. The third kappa shape index (κ3) is 23.7. The van der Waals surface area contributed by atoms with E-state index in [1.54, 1.807) is 6.92 Å². The summed E-state index contributed by atoms with van der Waals surface area (Å²) in [5, 5.41) is 15.7. The Bertz CT molecular complexity index is 1100. The number of unbranched alkanes of at least 4 members (excludes halogenated alkanes) is 4. The Kier molecular flexibility index (Phi) is 21.4. The van der Waals surface area contributed by atoms with E-state index in [-0.39, 0.29) is 69.4 Å². The number of aryl methyl sites for hydroxylation is 1. The Balaban J connectivity index is 1.84. The first kappa shape index (κ1) is 38.6. The van der Waals surface area contributed by atoms with Gasteiger partial charge in [-0.2, -0.15) is 0 Å². The number of hydrogen-bond acceptors (Lipinski definition) is 10. The molecule has 7 amide bonds. The molecule has 0 aromatic carbocycles. The molecule has 0 unspecified atom stereocenters. The fourth-order valence-electron chi connectivity index (χ4n) is 3.51. The molecule has 1 heterocycles. The summed E-state index contributed by atoms with van der Waals surface area (Å²) < 4.78 is 15.5. The number of carbonyl (C=O) groups is 5. The van der Waals surface area contributed by atoms with Crippen molar-refractivity contribution in [2.75, 3.05) is 71.1 Å². The molecule has 18 heteroatoms. The number of urea groups is 2. The number of H-pyrrole nitrogens is 1. The number of aromatic amines is 1. The highest BCUT2D eigenvalue weighted by Crippen LogP contribution is 1.99. The molecule has 0 saturated heterocycles. The van der Waals surface area contributed by atoms with E-state index in [2.05, 4.69) is 41.9 Å². The standard InChI is InChI=1S/C27H47N9O9/c1-20-18-23(39)35-24(34-20)36-26(41)31-10-5-3-2-4-9-29-25(40)30-11-6-7-12-32-27(42)45-17-16-44-15-14-43-13-8-22(38)33-19-21(28)37/h18H,2-17,19H2,1H3,(H2,28,37)(H,32,42)(H,33,38)(H2,29,30,40)(H3,31,34,35,36,39,41). The topological polar surface area (TPSA) is 257 Å². The minimum absolute atomic E-state index is 0.0769. The number of amides is 7. The first-order valence-corrected chi connectivity index (χ1v) is 14.9. The number of nitrogens with two attached hydrogens (primary N) is 1. The summed E-state index contributed by atoms with van der Waals surface area (Å²) in [6, 6.07) is 0.640. The van der Waals surface area contributed by atoms with Crippen molar-refractivity contribution in [3.05, 3.63) is 22.1 Å². The highest BCUT2D eigenvalue weighted by atomic mass is 16.6. The number of rotatable bonds is 24. The molecule has 0 atom stereocenters. The van der Waals surface area contributed by atoms with Crippen molar-refractivity contribution in [2.45, 2.75) is 51.9 Å². The number of anilines is 1. The van der Waals surface area contributed by atoms with Gasteiger partial charge in [0.05, 0.1) is 33.0 Å². The van der Waals surface area contributed by atoms with Gasteiger partial charge in [-0.1, -0.05) is 12.8 Å². The van der Waals surface area contributed by atoms with Crippen LogP contribution in [0.25, 0.3) is 0 Å². The minimum atomic E-state index is -0.615. The van der Waals surface area contributed by atoms with Gasteiger partial charge in [-0.25, -0.2) is 19.4 Å². The molecule has 9 N–H and O–H groups in total. The van der Waals surface area contributed by atoms with Gasteiger partial charge in [0.15, 0.2) is 0 Å². The lowest BCUT2D eigenvalue weighted by Gasteiger charge is -2.09. The van der Waals surface area contributed by atoms with Crippen LogP contribution in [0.3, 0.4) is 0 Å². The van der Waals surface area contributed by atoms with Crippen molar-refractivity contribution in [3.8, 4) is 0 Å². The zero-order chi connectivity index (χ0) is 33.1. The molecule has 0 aliphatic carbocycles. The van der Waals surface area contributed by atoms with Crippen LogP contribution in [-0.2, 0) is 23.8 Å². The molecular formula is C27H47N9O9. The van der Waals surface area contributed by atoms with Gasteiger partial charge in [0.1, 0.15) is 6.61 Å². The molecule has 0 saturated carbocycles. The molecule has 1 aromatic rings. The van der Waals surface area contributed by atoms with Gasteiger partial charge in [0, 0.05) is 44.4 Å². The maximum absolute atomic E-state index is 11.9. The van der Waals surface area contributed by atoms with Gasteiger partial charge in [-0.15, -0.1) is 0 Å². The lowest BCUT2D eigenvalue weighted by Crippen LogP contribution is -2.36. The van der Waals surface area contributed by atoms with Crippen LogP contribution in [0.2, 0.25) is 0 Å². The Hall–Kier alpha value is -4.45. The van der Waals surface area contributed by atoms with E-state index in [4.69, 9.17) is 19.9 Å². The molecule has 1 rings (SSSR count). The van der Waals surface area contributed by atoms with Crippen molar-refractivity contribution in [2.24, 2.45) is 5.73 Å². The second-order valence-corrected chi connectivity index (χ2v) is 9.70. The molecule has 0 spiro atoms. The van der Waals surface area contributed by atoms with Crippen LogP contribution >= 0.6 is 0 Å². The van der Waals surface area contributed by atoms with Crippen LogP contribution in [0.5, 0.6) is 0 Å². The maximum atomic E-state index is 11.9. The summed E-state index contributed by atoms with van der Waals surface area (Å²) in [6.45, 7) is 4.33. The Morgan fingerprint density at radius 2 is 1.31 bits per heavy atom. The number of alkyl carbamates (subject to hydrolysis) is 1. The summed E-state index contributed by atoms with van der Waals surface area (Å²) >= 11 is 0. The second kappa shape index (κ2) is 24.9. The van der Waals surface area contributed by atoms with E-state index >= 15 is 0 Å².